The number of rotatable bonds is 20. The van der Waals surface area contributed by atoms with Gasteiger partial charge in [0.25, 0.3) is 0 Å². The van der Waals surface area contributed by atoms with Crippen molar-refractivity contribution >= 4 is 33.8 Å². The zero-order valence-electron chi connectivity index (χ0n) is 57.1. The fraction of sp³-hybridized carbons (Fsp3) is 0.616. The van der Waals surface area contributed by atoms with E-state index in [1.165, 1.54) is 0 Å². The number of phenolic OH excluding ortho intramolecular Hbond substituents is 4. The van der Waals surface area contributed by atoms with Crippen LogP contribution in [0.2, 0.25) is 0 Å². The summed E-state index contributed by atoms with van der Waals surface area (Å²) >= 11 is 0. The van der Waals surface area contributed by atoms with Crippen molar-refractivity contribution in [1.82, 2.24) is 0 Å². The molecule has 477 valence electrons. The Morgan fingerprint density at radius 3 is 0.523 bits per heavy atom. The number of carbonyl (C=O) groups excluding carboxylic acids is 4. The van der Waals surface area contributed by atoms with Crippen LogP contribution < -0.4 is 0 Å². The molecule has 4 rings (SSSR count). The first kappa shape index (κ1) is 74.6. The highest BCUT2D eigenvalue weighted by molar-refractivity contribution is 6.92. The fourth-order valence-electron chi connectivity index (χ4n) is 10.4. The minimum atomic E-state index is -1.58. The van der Waals surface area contributed by atoms with Gasteiger partial charge in [-0.1, -0.05) is 215 Å². The zero-order valence-corrected chi connectivity index (χ0v) is 58.0. The standard InChI is InChI=1S/C73H108O12.P/c1-65(2,3)49-33-45(34-50(61(49)78)66(4,5)6)25-29-57(74)82-41-73(42-83-58(75)30-26-46-35-51(67(7,8)9)62(79)52(36-46)68(10,11)12,43-84-59(76)31-27-47-37-53(69(13,14)15)63(80)54(38-47)70(16,17)18)44-85-60(77)32-28-48-39-55(71(19,20)21)64(81)56(40-48)72(22,23)24;/h33-40,78-81H,25-32,41-44H2,1-24H3;. The molecule has 0 amide bonds. The maximum absolute atomic E-state index is 14.1. The van der Waals surface area contributed by atoms with E-state index in [0.29, 0.717) is 0 Å². The molecule has 0 saturated carbocycles. The second-order valence-corrected chi connectivity index (χ2v) is 32.3. The van der Waals surface area contributed by atoms with Crippen molar-refractivity contribution in [2.45, 2.75) is 261 Å². The summed E-state index contributed by atoms with van der Waals surface area (Å²) in [5.41, 5.74) is 4.62. The molecular formula is C73H108O12P. The minimum absolute atomic E-state index is 0. The molecule has 0 aliphatic rings. The number of hydrogen-bond donors (Lipinski definition) is 4. The van der Waals surface area contributed by atoms with Crippen LogP contribution in [0.4, 0.5) is 0 Å². The van der Waals surface area contributed by atoms with E-state index in [2.05, 4.69) is 0 Å². The van der Waals surface area contributed by atoms with Gasteiger partial charge in [-0.15, -0.1) is 0 Å². The molecule has 86 heavy (non-hydrogen) atoms. The number of aromatic hydroxyl groups is 4. The van der Waals surface area contributed by atoms with Crippen LogP contribution in [0.5, 0.6) is 23.0 Å². The zero-order chi connectivity index (χ0) is 65.0. The highest BCUT2D eigenvalue weighted by Crippen LogP contribution is 2.44. The number of phenols is 4. The van der Waals surface area contributed by atoms with Crippen LogP contribution in [0.25, 0.3) is 0 Å². The summed E-state index contributed by atoms with van der Waals surface area (Å²) in [5.74, 6) is -1.49. The summed E-state index contributed by atoms with van der Waals surface area (Å²) in [6.45, 7) is 46.7. The van der Waals surface area contributed by atoms with Crippen LogP contribution in [-0.2, 0) is 107 Å². The van der Waals surface area contributed by atoms with Crippen LogP contribution in [0.1, 0.15) is 259 Å². The Bertz CT molecular complexity index is 2480. The summed E-state index contributed by atoms with van der Waals surface area (Å²) in [5, 5.41) is 45.7. The Hall–Kier alpha value is -5.61. The summed E-state index contributed by atoms with van der Waals surface area (Å²) in [4.78, 5) is 56.4. The summed E-state index contributed by atoms with van der Waals surface area (Å²) in [7, 11) is 0. The average molecular weight is 1210 g/mol. The molecule has 4 aromatic carbocycles. The van der Waals surface area contributed by atoms with E-state index in [1.54, 1.807) is 0 Å². The van der Waals surface area contributed by atoms with Gasteiger partial charge in [0, 0.05) is 35.6 Å². The van der Waals surface area contributed by atoms with E-state index in [1.807, 2.05) is 215 Å². The minimum Gasteiger partial charge on any atom is -0.507 e. The van der Waals surface area contributed by atoms with Crippen molar-refractivity contribution in [3.8, 4) is 23.0 Å². The quantitative estimate of drug-likeness (QED) is 0.0373. The Kier molecular flexibility index (Phi) is 24.2. The van der Waals surface area contributed by atoms with Crippen molar-refractivity contribution in [2.75, 3.05) is 26.4 Å². The Morgan fingerprint density at radius 1 is 0.279 bits per heavy atom. The molecule has 0 spiro atoms. The Morgan fingerprint density at radius 2 is 0.407 bits per heavy atom. The second kappa shape index (κ2) is 27.8. The summed E-state index contributed by atoms with van der Waals surface area (Å²) < 4.78 is 24.4. The lowest BCUT2D eigenvalue weighted by Gasteiger charge is -2.32. The average Bonchev–Trinajstić information content (AvgIpc) is 1.09. The van der Waals surface area contributed by atoms with E-state index in [9.17, 15) is 39.6 Å². The monoisotopic (exact) mass is 1210 g/mol. The van der Waals surface area contributed by atoms with Gasteiger partial charge in [0.2, 0.25) is 0 Å². The van der Waals surface area contributed by atoms with Gasteiger partial charge in [-0.2, -0.15) is 0 Å². The Labute approximate surface area is 521 Å². The van der Waals surface area contributed by atoms with E-state index >= 15 is 0 Å². The van der Waals surface area contributed by atoms with Crippen LogP contribution >= 0.6 is 9.90 Å². The van der Waals surface area contributed by atoms with Crippen molar-refractivity contribution in [1.29, 1.82) is 0 Å². The maximum Gasteiger partial charge on any atom is 0.306 e. The van der Waals surface area contributed by atoms with Crippen LogP contribution in [-0.4, -0.2) is 70.7 Å². The summed E-state index contributed by atoms with van der Waals surface area (Å²) in [6, 6.07) is 15.4. The van der Waals surface area contributed by atoms with Gasteiger partial charge in [-0.05, 0) is 136 Å². The molecule has 13 heteroatoms. The molecule has 0 bridgehead atoms. The number of esters is 4. The van der Waals surface area contributed by atoms with Gasteiger partial charge in [0.15, 0.2) is 0 Å². The molecule has 0 aliphatic heterocycles. The Balaban J connectivity index is 0.0000194. The maximum atomic E-state index is 14.1. The van der Waals surface area contributed by atoms with Crippen LogP contribution in [0.3, 0.4) is 0 Å². The molecule has 3 radical (unpaired) electrons. The SMILES string of the molecule is CC(C)(C)c1cc(CCC(=O)OCC(COC(=O)CCc2cc(C(C)(C)C)c(O)c(C(C)(C)C)c2)(COC(=O)CCc2cc(C(C)(C)C)c(O)c(C(C)(C)C)c2)COC(=O)CCc2cc(C(C)(C)C)c(O)c(C(C)(C)C)c2)cc(C(C)(C)C)c1O.[P]. The fourth-order valence-corrected chi connectivity index (χ4v) is 10.4. The topological polar surface area (TPSA) is 186 Å². The molecule has 0 aliphatic carbocycles. The lowest BCUT2D eigenvalue weighted by Crippen LogP contribution is -2.44. The van der Waals surface area contributed by atoms with E-state index in [4.69, 9.17) is 18.9 Å². The smallest absolute Gasteiger partial charge is 0.306 e. The second-order valence-electron chi connectivity index (χ2n) is 32.3. The third kappa shape index (κ3) is 20.8. The molecular weight excluding hydrogens is 1100 g/mol. The van der Waals surface area contributed by atoms with Crippen LogP contribution in [0, 0.1) is 5.41 Å². The van der Waals surface area contributed by atoms with Gasteiger partial charge in [-0.3, -0.25) is 19.2 Å². The first-order chi connectivity index (χ1) is 38.4. The summed E-state index contributed by atoms with van der Waals surface area (Å²) in [6.07, 6.45) is 0.854. The highest BCUT2D eigenvalue weighted by Gasteiger charge is 2.39. The molecule has 0 saturated heterocycles. The number of carbonyl (C=O) groups is 4. The molecule has 0 atom stereocenters. The van der Waals surface area contributed by atoms with Crippen LogP contribution in [0.15, 0.2) is 48.5 Å². The lowest BCUT2D eigenvalue weighted by atomic mass is 9.78. The third-order valence-corrected chi connectivity index (χ3v) is 15.8. The molecule has 4 N–H and O–H groups in total. The van der Waals surface area contributed by atoms with Crippen molar-refractivity contribution in [3.05, 3.63) is 115 Å². The predicted octanol–water partition coefficient (Wildman–Crippen LogP) is 16.7. The molecule has 0 heterocycles. The third-order valence-electron chi connectivity index (χ3n) is 15.8. The normalized spacial score (nSPS) is 13.0. The number of hydrogen-bond acceptors (Lipinski definition) is 12. The van der Waals surface area contributed by atoms with Crippen molar-refractivity contribution < 1.29 is 58.6 Å². The first-order valence-corrected chi connectivity index (χ1v) is 30.5. The molecule has 0 unspecified atom stereocenters. The van der Waals surface area contributed by atoms with E-state index < -0.39 is 99.0 Å². The van der Waals surface area contributed by atoms with Crippen molar-refractivity contribution in [2.24, 2.45) is 5.41 Å². The van der Waals surface area contributed by atoms with Gasteiger partial charge in [0.1, 0.15) is 54.8 Å². The largest absolute Gasteiger partial charge is 0.507 e. The molecule has 4 aromatic rings. The van der Waals surface area contributed by atoms with Gasteiger partial charge < -0.3 is 39.4 Å². The number of ether oxygens (including phenoxy) is 4. The predicted molar refractivity (Wildman–Crippen MR) is 349 cm³/mol. The number of aryl methyl sites for hydroxylation is 4. The van der Waals surface area contributed by atoms with Crippen molar-refractivity contribution in [3.63, 3.8) is 0 Å². The van der Waals surface area contributed by atoms with Gasteiger partial charge >= 0.3 is 23.9 Å². The molecule has 0 aromatic heterocycles. The highest BCUT2D eigenvalue weighted by atomic mass is 31.0. The van der Waals surface area contributed by atoms with Gasteiger partial charge in [-0.25, -0.2) is 0 Å². The molecule has 12 nitrogen and oxygen atoms in total. The van der Waals surface area contributed by atoms with Gasteiger partial charge in [0.05, 0.1) is 0 Å². The van der Waals surface area contributed by atoms with E-state index in [-0.39, 0.29) is 84.3 Å². The van der Waals surface area contributed by atoms with E-state index in [0.717, 1.165) is 66.8 Å². The lowest BCUT2D eigenvalue weighted by molar-refractivity contribution is -0.170. The molecule has 0 fully saturated rings. The first-order valence-electron chi connectivity index (χ1n) is 30.5. The number of benzene rings is 4.